The molecule has 0 aliphatic rings. The summed E-state index contributed by atoms with van der Waals surface area (Å²) in [5.41, 5.74) is 8.66. The van der Waals surface area contributed by atoms with Crippen molar-refractivity contribution in [3.63, 3.8) is 0 Å². The van der Waals surface area contributed by atoms with Gasteiger partial charge in [0.25, 0.3) is 0 Å². The number of anilines is 2. The van der Waals surface area contributed by atoms with Crippen molar-refractivity contribution >= 4 is 39.2 Å². The highest BCUT2D eigenvalue weighted by atomic mass is 16.2. The Labute approximate surface area is 202 Å². The SMILES string of the molecule is Cc1cccc(NC(=O)Nc2ccc(-c3ccc4c(-c5cc6ccccc6[nH]5)n[nH]c4c3)cc2)c1. The lowest BCUT2D eigenvalue weighted by Crippen LogP contribution is -2.19. The summed E-state index contributed by atoms with van der Waals surface area (Å²) in [6, 6.07) is 31.9. The molecule has 0 radical (unpaired) electrons. The Morgan fingerprint density at radius 2 is 1.54 bits per heavy atom. The number of hydrogen-bond acceptors (Lipinski definition) is 2. The van der Waals surface area contributed by atoms with Crippen molar-refractivity contribution < 1.29 is 4.79 Å². The number of carbonyl (C=O) groups excluding carboxylic acids is 1. The average Bonchev–Trinajstić information content (AvgIpc) is 3.48. The number of carbonyl (C=O) groups is 1. The van der Waals surface area contributed by atoms with E-state index in [2.05, 4.69) is 62.2 Å². The molecule has 0 bridgehead atoms. The van der Waals surface area contributed by atoms with Gasteiger partial charge in [-0.1, -0.05) is 48.5 Å². The van der Waals surface area contributed by atoms with Crippen LogP contribution in [0.2, 0.25) is 0 Å². The lowest BCUT2D eigenvalue weighted by molar-refractivity contribution is 0.262. The van der Waals surface area contributed by atoms with Gasteiger partial charge in [0.15, 0.2) is 0 Å². The predicted molar refractivity (Wildman–Crippen MR) is 143 cm³/mol. The number of aromatic nitrogens is 3. The van der Waals surface area contributed by atoms with Crippen molar-refractivity contribution in [2.75, 3.05) is 10.6 Å². The maximum atomic E-state index is 12.3. The van der Waals surface area contributed by atoms with Crippen molar-refractivity contribution in [1.29, 1.82) is 0 Å². The summed E-state index contributed by atoms with van der Waals surface area (Å²) in [7, 11) is 0. The first-order valence-corrected chi connectivity index (χ1v) is 11.4. The number of fused-ring (bicyclic) bond motifs is 2. The Balaban J connectivity index is 1.20. The molecule has 0 saturated carbocycles. The van der Waals surface area contributed by atoms with Gasteiger partial charge in [-0.05, 0) is 72.1 Å². The topological polar surface area (TPSA) is 85.6 Å². The van der Waals surface area contributed by atoms with E-state index in [1.807, 2.05) is 67.6 Å². The van der Waals surface area contributed by atoms with Gasteiger partial charge in [-0.2, -0.15) is 5.10 Å². The molecule has 0 saturated heterocycles. The van der Waals surface area contributed by atoms with Gasteiger partial charge in [0.1, 0.15) is 5.69 Å². The second-order valence-corrected chi connectivity index (χ2v) is 8.63. The Hall–Kier alpha value is -4.84. The van der Waals surface area contributed by atoms with Gasteiger partial charge in [0.05, 0.1) is 11.2 Å². The van der Waals surface area contributed by atoms with E-state index in [1.165, 1.54) is 0 Å². The third-order valence-corrected chi connectivity index (χ3v) is 6.10. The molecule has 6 aromatic rings. The van der Waals surface area contributed by atoms with Gasteiger partial charge in [-0.15, -0.1) is 0 Å². The number of para-hydroxylation sites is 1. The van der Waals surface area contributed by atoms with Crippen LogP contribution in [-0.4, -0.2) is 21.2 Å². The first kappa shape index (κ1) is 20.7. The fraction of sp³-hybridized carbons (Fsp3) is 0.0345. The van der Waals surface area contributed by atoms with E-state index in [0.29, 0.717) is 0 Å². The minimum Gasteiger partial charge on any atom is -0.353 e. The second kappa shape index (κ2) is 8.50. The van der Waals surface area contributed by atoms with Crippen LogP contribution in [0, 0.1) is 6.92 Å². The largest absolute Gasteiger partial charge is 0.353 e. The summed E-state index contributed by atoms with van der Waals surface area (Å²) < 4.78 is 0. The minimum atomic E-state index is -0.272. The molecule has 2 amide bonds. The lowest BCUT2D eigenvalue weighted by Gasteiger charge is -2.09. The molecule has 0 fully saturated rings. The molecule has 6 rings (SSSR count). The van der Waals surface area contributed by atoms with Gasteiger partial charge in [0.2, 0.25) is 0 Å². The molecular weight excluding hydrogens is 434 g/mol. The Morgan fingerprint density at radius 3 is 2.37 bits per heavy atom. The first-order chi connectivity index (χ1) is 17.1. The first-order valence-electron chi connectivity index (χ1n) is 11.4. The summed E-state index contributed by atoms with van der Waals surface area (Å²) in [6.07, 6.45) is 0. The smallest absolute Gasteiger partial charge is 0.323 e. The van der Waals surface area contributed by atoms with Crippen LogP contribution >= 0.6 is 0 Å². The molecule has 0 aliphatic carbocycles. The Kier molecular flexibility index (Phi) is 5.04. The van der Waals surface area contributed by atoms with Gasteiger partial charge in [-0.3, -0.25) is 5.10 Å². The third-order valence-electron chi connectivity index (χ3n) is 6.10. The lowest BCUT2D eigenvalue weighted by atomic mass is 10.0. The van der Waals surface area contributed by atoms with Gasteiger partial charge in [-0.25, -0.2) is 4.79 Å². The van der Waals surface area contributed by atoms with Gasteiger partial charge >= 0.3 is 6.03 Å². The van der Waals surface area contributed by atoms with E-state index in [0.717, 1.165) is 61.3 Å². The summed E-state index contributed by atoms with van der Waals surface area (Å²) >= 11 is 0. The number of nitrogens with one attached hydrogen (secondary N) is 4. The monoisotopic (exact) mass is 457 g/mol. The summed E-state index contributed by atoms with van der Waals surface area (Å²) in [4.78, 5) is 15.8. The van der Waals surface area contributed by atoms with Crippen LogP contribution in [0.1, 0.15) is 5.56 Å². The zero-order chi connectivity index (χ0) is 23.8. The normalized spacial score (nSPS) is 11.1. The number of urea groups is 1. The maximum Gasteiger partial charge on any atom is 0.323 e. The van der Waals surface area contributed by atoms with Crippen molar-refractivity contribution in [2.45, 2.75) is 6.92 Å². The minimum absolute atomic E-state index is 0.272. The fourth-order valence-electron chi connectivity index (χ4n) is 4.37. The van der Waals surface area contributed by atoms with Crippen LogP contribution in [-0.2, 0) is 0 Å². The second-order valence-electron chi connectivity index (χ2n) is 8.63. The predicted octanol–water partition coefficient (Wildman–Crippen LogP) is 7.33. The van der Waals surface area contributed by atoms with Gasteiger partial charge in [0, 0.05) is 27.7 Å². The fourth-order valence-corrected chi connectivity index (χ4v) is 4.37. The standard InChI is InChI=1S/C29H23N5O/c1-18-5-4-7-23(15-18)31-29(35)30-22-12-9-19(10-13-22)20-11-14-24-26(16-20)33-34-28(24)27-17-21-6-2-3-8-25(21)32-27/h2-17,32H,1H3,(H,33,34)(H2,30,31,35). The van der Waals surface area contributed by atoms with Crippen molar-refractivity contribution in [3.8, 4) is 22.5 Å². The number of amides is 2. The number of H-pyrrole nitrogens is 2. The third kappa shape index (κ3) is 4.13. The van der Waals surface area contributed by atoms with E-state index in [9.17, 15) is 4.79 Å². The highest BCUT2D eigenvalue weighted by Crippen LogP contribution is 2.31. The number of aryl methyl sites for hydroxylation is 1. The molecule has 0 aliphatic heterocycles. The van der Waals surface area contributed by atoms with Crippen LogP contribution in [0.4, 0.5) is 16.2 Å². The van der Waals surface area contributed by atoms with E-state index >= 15 is 0 Å². The number of benzene rings is 4. The molecule has 6 nitrogen and oxygen atoms in total. The molecule has 2 heterocycles. The molecule has 0 unspecified atom stereocenters. The molecule has 35 heavy (non-hydrogen) atoms. The Morgan fingerprint density at radius 1 is 0.743 bits per heavy atom. The van der Waals surface area contributed by atoms with Crippen LogP contribution in [0.25, 0.3) is 44.3 Å². The van der Waals surface area contributed by atoms with E-state index in [1.54, 1.807) is 0 Å². The van der Waals surface area contributed by atoms with Crippen LogP contribution in [0.5, 0.6) is 0 Å². The highest BCUT2D eigenvalue weighted by Gasteiger charge is 2.12. The van der Waals surface area contributed by atoms with E-state index in [4.69, 9.17) is 0 Å². The number of nitrogens with zero attached hydrogens (tertiary/aromatic N) is 1. The molecule has 4 aromatic carbocycles. The zero-order valence-corrected chi connectivity index (χ0v) is 19.1. The Bertz CT molecular complexity index is 1640. The van der Waals surface area contributed by atoms with E-state index in [-0.39, 0.29) is 6.03 Å². The number of hydrogen-bond donors (Lipinski definition) is 4. The zero-order valence-electron chi connectivity index (χ0n) is 19.1. The molecule has 4 N–H and O–H groups in total. The van der Waals surface area contributed by atoms with Crippen LogP contribution < -0.4 is 10.6 Å². The summed E-state index contributed by atoms with van der Waals surface area (Å²) in [6.45, 7) is 1.99. The maximum absolute atomic E-state index is 12.3. The quantitative estimate of drug-likeness (QED) is 0.223. The van der Waals surface area contributed by atoms with Crippen molar-refractivity contribution in [1.82, 2.24) is 15.2 Å². The average molecular weight is 458 g/mol. The van der Waals surface area contributed by atoms with Gasteiger partial charge < -0.3 is 15.6 Å². The molecule has 0 atom stereocenters. The van der Waals surface area contributed by atoms with Crippen LogP contribution in [0.15, 0.2) is 97.1 Å². The van der Waals surface area contributed by atoms with Crippen LogP contribution in [0.3, 0.4) is 0 Å². The highest BCUT2D eigenvalue weighted by molar-refractivity contribution is 6.00. The molecular formula is C29H23N5O. The summed E-state index contributed by atoms with van der Waals surface area (Å²) in [5.74, 6) is 0. The molecule has 2 aromatic heterocycles. The summed E-state index contributed by atoms with van der Waals surface area (Å²) in [5, 5.41) is 15.7. The van der Waals surface area contributed by atoms with E-state index < -0.39 is 0 Å². The molecule has 6 heteroatoms. The number of rotatable bonds is 4. The molecule has 170 valence electrons. The van der Waals surface area contributed by atoms with Crippen molar-refractivity contribution in [3.05, 3.63) is 103 Å². The number of aromatic amines is 2. The molecule has 0 spiro atoms. The van der Waals surface area contributed by atoms with Crippen molar-refractivity contribution in [2.24, 2.45) is 0 Å².